The zero-order chi connectivity index (χ0) is 24.1. The molecule has 1 N–H and O–H groups in total. The third kappa shape index (κ3) is 5.58. The van der Waals surface area contributed by atoms with Crippen LogP contribution in [0.4, 0.5) is 4.39 Å². The molecule has 34 heavy (non-hydrogen) atoms. The SMILES string of the molecule is C[C@H](C(=O)NC1CCCC1)N(Cc1ccccc1F)C(=O)COc1ccc2ccccc2c1Br. The summed E-state index contributed by atoms with van der Waals surface area (Å²) in [6.45, 7) is 1.38. The summed E-state index contributed by atoms with van der Waals surface area (Å²) < 4.78 is 21.0. The summed E-state index contributed by atoms with van der Waals surface area (Å²) in [6.07, 6.45) is 4.06. The largest absolute Gasteiger partial charge is 0.483 e. The molecule has 4 rings (SSSR count). The van der Waals surface area contributed by atoms with Gasteiger partial charge in [0.25, 0.3) is 5.91 Å². The maximum absolute atomic E-state index is 14.4. The van der Waals surface area contributed by atoms with Crippen LogP contribution in [0.5, 0.6) is 5.75 Å². The van der Waals surface area contributed by atoms with Gasteiger partial charge in [-0.15, -0.1) is 0 Å². The number of hydrogen-bond donors (Lipinski definition) is 1. The van der Waals surface area contributed by atoms with Crippen LogP contribution in [0, 0.1) is 5.82 Å². The van der Waals surface area contributed by atoms with Crippen molar-refractivity contribution in [3.05, 3.63) is 76.5 Å². The number of amides is 2. The second-order valence-electron chi connectivity index (χ2n) is 8.67. The Kier molecular flexibility index (Phi) is 7.83. The molecule has 0 radical (unpaired) electrons. The zero-order valence-corrected chi connectivity index (χ0v) is 20.7. The second kappa shape index (κ2) is 11.0. The number of ether oxygens (including phenoxy) is 1. The van der Waals surface area contributed by atoms with E-state index in [1.165, 1.54) is 11.0 Å². The van der Waals surface area contributed by atoms with Crippen molar-refractivity contribution in [2.24, 2.45) is 0 Å². The number of benzene rings is 3. The zero-order valence-electron chi connectivity index (χ0n) is 19.1. The smallest absolute Gasteiger partial charge is 0.261 e. The lowest BCUT2D eigenvalue weighted by Crippen LogP contribution is -2.50. The molecule has 0 spiro atoms. The normalized spacial score (nSPS) is 14.7. The van der Waals surface area contributed by atoms with Gasteiger partial charge in [0.2, 0.25) is 5.91 Å². The molecule has 0 unspecified atom stereocenters. The first-order chi connectivity index (χ1) is 16.4. The summed E-state index contributed by atoms with van der Waals surface area (Å²) in [4.78, 5) is 27.6. The number of carbonyl (C=O) groups excluding carboxylic acids is 2. The lowest BCUT2D eigenvalue weighted by Gasteiger charge is -2.30. The Morgan fingerprint density at radius 2 is 1.79 bits per heavy atom. The van der Waals surface area contributed by atoms with Crippen LogP contribution in [0.1, 0.15) is 38.2 Å². The summed E-state index contributed by atoms with van der Waals surface area (Å²) in [5.74, 6) is -0.510. The van der Waals surface area contributed by atoms with Gasteiger partial charge in [0, 0.05) is 18.2 Å². The average Bonchev–Trinajstić information content (AvgIpc) is 3.36. The number of nitrogens with one attached hydrogen (secondary N) is 1. The Balaban J connectivity index is 1.51. The third-order valence-corrected chi connectivity index (χ3v) is 7.16. The Bertz CT molecular complexity index is 1180. The Morgan fingerprint density at radius 1 is 1.09 bits per heavy atom. The van der Waals surface area contributed by atoms with E-state index in [-0.39, 0.29) is 25.1 Å². The highest BCUT2D eigenvalue weighted by Crippen LogP contribution is 2.33. The molecule has 1 aliphatic rings. The number of fused-ring (bicyclic) bond motifs is 1. The summed E-state index contributed by atoms with van der Waals surface area (Å²) in [5, 5.41) is 5.06. The highest BCUT2D eigenvalue weighted by Gasteiger charge is 2.29. The van der Waals surface area contributed by atoms with Crippen molar-refractivity contribution in [1.82, 2.24) is 10.2 Å². The lowest BCUT2D eigenvalue weighted by molar-refractivity contribution is -0.142. The summed E-state index contributed by atoms with van der Waals surface area (Å²) in [5.41, 5.74) is 0.350. The number of hydrogen-bond acceptors (Lipinski definition) is 3. The fraction of sp³-hybridized carbons (Fsp3) is 0.333. The fourth-order valence-corrected chi connectivity index (χ4v) is 4.94. The van der Waals surface area contributed by atoms with Crippen LogP contribution in [0.3, 0.4) is 0 Å². The fourth-order valence-electron chi connectivity index (χ4n) is 4.33. The van der Waals surface area contributed by atoms with Gasteiger partial charge in [0.15, 0.2) is 6.61 Å². The topological polar surface area (TPSA) is 58.6 Å². The van der Waals surface area contributed by atoms with Crippen molar-refractivity contribution in [2.75, 3.05) is 6.61 Å². The number of nitrogens with zero attached hydrogens (tertiary/aromatic N) is 1. The standard InChI is InChI=1S/C27H28BrFN2O3/c1-18(27(33)30-21-10-4-5-11-21)31(16-20-9-3-7-13-23(20)29)25(32)17-34-24-15-14-19-8-2-6-12-22(19)26(24)28/h2-3,6-9,12-15,18,21H,4-5,10-11,16-17H2,1H3,(H,30,33)/t18-/m1/s1. The Morgan fingerprint density at radius 3 is 2.56 bits per heavy atom. The molecular formula is C27H28BrFN2O3. The van der Waals surface area contributed by atoms with Crippen LogP contribution in [-0.2, 0) is 16.1 Å². The molecule has 0 heterocycles. The molecule has 1 atom stereocenters. The molecule has 5 nitrogen and oxygen atoms in total. The van der Waals surface area contributed by atoms with Gasteiger partial charge < -0.3 is 15.0 Å². The molecule has 7 heteroatoms. The highest BCUT2D eigenvalue weighted by molar-refractivity contribution is 9.10. The highest BCUT2D eigenvalue weighted by atomic mass is 79.9. The minimum Gasteiger partial charge on any atom is -0.483 e. The molecular weight excluding hydrogens is 499 g/mol. The van der Waals surface area contributed by atoms with Crippen molar-refractivity contribution in [3.63, 3.8) is 0 Å². The van der Waals surface area contributed by atoms with Crippen LogP contribution < -0.4 is 10.1 Å². The van der Waals surface area contributed by atoms with Crippen LogP contribution in [0.2, 0.25) is 0 Å². The first kappa shape index (κ1) is 24.2. The van der Waals surface area contributed by atoms with E-state index in [4.69, 9.17) is 4.74 Å². The van der Waals surface area contributed by atoms with E-state index in [2.05, 4.69) is 21.2 Å². The molecule has 1 fully saturated rings. The van der Waals surface area contributed by atoms with Crippen molar-refractivity contribution < 1.29 is 18.7 Å². The number of carbonyl (C=O) groups is 2. The molecule has 0 bridgehead atoms. The molecule has 1 saturated carbocycles. The van der Waals surface area contributed by atoms with Crippen molar-refractivity contribution >= 4 is 38.5 Å². The van der Waals surface area contributed by atoms with E-state index in [0.29, 0.717) is 11.3 Å². The molecule has 0 saturated heterocycles. The minimum absolute atomic E-state index is 0.0208. The van der Waals surface area contributed by atoms with Gasteiger partial charge in [-0.1, -0.05) is 61.4 Å². The van der Waals surface area contributed by atoms with E-state index in [0.717, 1.165) is 40.9 Å². The van der Waals surface area contributed by atoms with E-state index in [1.807, 2.05) is 30.3 Å². The van der Waals surface area contributed by atoms with Gasteiger partial charge in [0.05, 0.1) is 4.47 Å². The van der Waals surface area contributed by atoms with Gasteiger partial charge in [0.1, 0.15) is 17.6 Å². The predicted octanol–water partition coefficient (Wildman–Crippen LogP) is 5.60. The van der Waals surface area contributed by atoms with Gasteiger partial charge in [-0.3, -0.25) is 9.59 Å². The van der Waals surface area contributed by atoms with E-state index >= 15 is 0 Å². The second-order valence-corrected chi connectivity index (χ2v) is 9.46. The Labute approximate surface area is 207 Å². The summed E-state index contributed by atoms with van der Waals surface area (Å²) in [7, 11) is 0. The van der Waals surface area contributed by atoms with E-state index in [9.17, 15) is 14.0 Å². The maximum Gasteiger partial charge on any atom is 0.261 e. The summed E-state index contributed by atoms with van der Waals surface area (Å²) in [6, 6.07) is 17.2. The van der Waals surface area contributed by atoms with Crippen LogP contribution in [-0.4, -0.2) is 35.4 Å². The Hall–Kier alpha value is -2.93. The van der Waals surface area contributed by atoms with Crippen molar-refractivity contribution in [1.29, 1.82) is 0 Å². The van der Waals surface area contributed by atoms with Crippen LogP contribution in [0.25, 0.3) is 10.8 Å². The van der Waals surface area contributed by atoms with E-state index < -0.39 is 17.8 Å². The molecule has 0 aromatic heterocycles. The molecule has 1 aliphatic carbocycles. The van der Waals surface area contributed by atoms with Crippen molar-refractivity contribution in [3.8, 4) is 5.75 Å². The molecule has 0 aliphatic heterocycles. The number of rotatable bonds is 8. The van der Waals surface area contributed by atoms with E-state index in [1.54, 1.807) is 31.2 Å². The molecule has 178 valence electrons. The van der Waals surface area contributed by atoms with Crippen molar-refractivity contribution in [2.45, 2.75) is 51.2 Å². The van der Waals surface area contributed by atoms with Crippen LogP contribution >= 0.6 is 15.9 Å². The average molecular weight is 527 g/mol. The lowest BCUT2D eigenvalue weighted by atomic mass is 10.1. The van der Waals surface area contributed by atoms with Gasteiger partial charge >= 0.3 is 0 Å². The van der Waals surface area contributed by atoms with Gasteiger partial charge in [-0.2, -0.15) is 0 Å². The quantitative estimate of drug-likeness (QED) is 0.415. The third-order valence-electron chi connectivity index (χ3n) is 6.35. The molecule has 3 aromatic rings. The van der Waals surface area contributed by atoms with Crippen LogP contribution in [0.15, 0.2) is 65.1 Å². The van der Waals surface area contributed by atoms with Gasteiger partial charge in [-0.05, 0) is 58.6 Å². The predicted molar refractivity (Wildman–Crippen MR) is 134 cm³/mol. The molecule has 3 aromatic carbocycles. The molecule has 2 amide bonds. The summed E-state index contributed by atoms with van der Waals surface area (Å²) >= 11 is 3.57. The maximum atomic E-state index is 14.4. The first-order valence-corrected chi connectivity index (χ1v) is 12.4. The minimum atomic E-state index is -0.767. The number of halogens is 2. The monoisotopic (exact) mass is 526 g/mol. The van der Waals surface area contributed by atoms with Gasteiger partial charge in [-0.25, -0.2) is 4.39 Å². The first-order valence-electron chi connectivity index (χ1n) is 11.6.